The number of benzene rings is 1. The van der Waals surface area contributed by atoms with Crippen LogP contribution in [0.15, 0.2) is 48.8 Å². The molecule has 0 atom stereocenters. The van der Waals surface area contributed by atoms with Crippen LogP contribution in [0.5, 0.6) is 0 Å². The molecule has 5 aromatic rings. The molecule has 4 aromatic heterocycles. The van der Waals surface area contributed by atoms with E-state index in [1.807, 2.05) is 49.2 Å². The first-order valence-corrected chi connectivity index (χ1v) is 8.22. The van der Waals surface area contributed by atoms with E-state index < -0.39 is 0 Å². The summed E-state index contributed by atoms with van der Waals surface area (Å²) in [7, 11) is 3.84. The number of hydrogen-bond donors (Lipinski definition) is 2. The van der Waals surface area contributed by atoms with Crippen LogP contribution in [0, 0.1) is 0 Å². The van der Waals surface area contributed by atoms with Crippen LogP contribution in [-0.4, -0.2) is 34.7 Å². The molecule has 8 nitrogen and oxygen atoms in total. The molecule has 128 valence electrons. The maximum absolute atomic E-state index is 4.64. The summed E-state index contributed by atoms with van der Waals surface area (Å²) in [5.41, 5.74) is 5.39. The van der Waals surface area contributed by atoms with Gasteiger partial charge in [0.1, 0.15) is 16.9 Å². The van der Waals surface area contributed by atoms with E-state index in [4.69, 9.17) is 0 Å². The lowest BCUT2D eigenvalue weighted by molar-refractivity contribution is 0.764. The summed E-state index contributed by atoms with van der Waals surface area (Å²) >= 11 is 0. The molecular weight excluding hydrogens is 328 g/mol. The van der Waals surface area contributed by atoms with Crippen LogP contribution in [-0.2, 0) is 14.1 Å². The van der Waals surface area contributed by atoms with Gasteiger partial charge in [-0.15, -0.1) is 0 Å². The Morgan fingerprint density at radius 2 is 2.00 bits per heavy atom. The summed E-state index contributed by atoms with van der Waals surface area (Å²) in [6.45, 7) is 0. The lowest BCUT2D eigenvalue weighted by Gasteiger charge is -2.04. The molecule has 0 fully saturated rings. The van der Waals surface area contributed by atoms with Gasteiger partial charge in [-0.3, -0.25) is 19.4 Å². The van der Waals surface area contributed by atoms with Gasteiger partial charge in [-0.25, -0.2) is 0 Å². The van der Waals surface area contributed by atoms with Crippen LogP contribution in [0.25, 0.3) is 33.3 Å². The number of aromatic nitrogens is 7. The summed E-state index contributed by atoms with van der Waals surface area (Å²) in [4.78, 5) is 4.38. The molecule has 26 heavy (non-hydrogen) atoms. The topological polar surface area (TPSA) is 89.2 Å². The number of nitrogens with zero attached hydrogens (tertiary/aromatic N) is 6. The van der Waals surface area contributed by atoms with E-state index in [1.54, 1.807) is 10.9 Å². The maximum Gasteiger partial charge on any atom is 0.178 e. The minimum absolute atomic E-state index is 0.701. The second-order valence-corrected chi connectivity index (χ2v) is 6.18. The average molecular weight is 344 g/mol. The number of fused-ring (bicyclic) bond motifs is 2. The van der Waals surface area contributed by atoms with E-state index in [2.05, 4.69) is 42.8 Å². The third kappa shape index (κ3) is 2.23. The quantitative estimate of drug-likeness (QED) is 0.525. The summed E-state index contributed by atoms with van der Waals surface area (Å²) in [6.07, 6.45) is 3.67. The minimum Gasteiger partial charge on any atom is -0.337 e. The van der Waals surface area contributed by atoms with Gasteiger partial charge in [0.2, 0.25) is 0 Å². The summed E-state index contributed by atoms with van der Waals surface area (Å²) in [5.74, 6) is 0.701. The fourth-order valence-corrected chi connectivity index (χ4v) is 3.14. The molecular formula is C18H16N8. The Morgan fingerprint density at radius 1 is 1.08 bits per heavy atom. The van der Waals surface area contributed by atoms with Crippen LogP contribution in [0.3, 0.4) is 0 Å². The summed E-state index contributed by atoms with van der Waals surface area (Å²) < 4.78 is 3.65. The molecule has 0 saturated carbocycles. The second-order valence-electron chi connectivity index (χ2n) is 6.18. The van der Waals surface area contributed by atoms with Crippen molar-refractivity contribution in [3.8, 4) is 11.4 Å². The molecule has 0 amide bonds. The van der Waals surface area contributed by atoms with Crippen molar-refractivity contribution in [1.82, 2.24) is 34.7 Å². The van der Waals surface area contributed by atoms with Crippen molar-refractivity contribution < 1.29 is 0 Å². The average Bonchev–Trinajstić information content (AvgIpc) is 3.34. The molecule has 0 aliphatic carbocycles. The first-order chi connectivity index (χ1) is 12.7. The number of aryl methyl sites for hydroxylation is 2. The summed E-state index contributed by atoms with van der Waals surface area (Å²) in [5, 5.41) is 20.8. The fourth-order valence-electron chi connectivity index (χ4n) is 3.14. The van der Waals surface area contributed by atoms with Crippen LogP contribution < -0.4 is 5.32 Å². The third-order valence-electron chi connectivity index (χ3n) is 4.39. The zero-order valence-corrected chi connectivity index (χ0v) is 14.3. The number of H-pyrrole nitrogens is 1. The molecule has 0 spiro atoms. The largest absolute Gasteiger partial charge is 0.337 e. The zero-order chi connectivity index (χ0) is 17.7. The Bertz CT molecular complexity index is 1240. The molecule has 0 bridgehead atoms. The first-order valence-electron chi connectivity index (χ1n) is 8.22. The number of pyridine rings is 1. The number of nitrogens with one attached hydrogen (secondary N) is 2. The van der Waals surface area contributed by atoms with Gasteiger partial charge in [-0.05, 0) is 36.4 Å². The molecule has 0 radical (unpaired) electrons. The Hall–Kier alpha value is -3.68. The van der Waals surface area contributed by atoms with Gasteiger partial charge in [0.25, 0.3) is 0 Å². The molecule has 0 aliphatic rings. The molecule has 4 heterocycles. The SMILES string of the molecule is Cn1ccc(-c2nn(C)c3cc(Nc4n[nH]c5cccnc45)ccc23)n1. The van der Waals surface area contributed by atoms with E-state index in [0.29, 0.717) is 5.82 Å². The van der Waals surface area contributed by atoms with E-state index in [0.717, 1.165) is 39.0 Å². The Morgan fingerprint density at radius 3 is 2.85 bits per heavy atom. The number of aromatic amines is 1. The fraction of sp³-hybridized carbons (Fsp3) is 0.111. The molecule has 0 saturated heterocycles. The normalized spacial score (nSPS) is 11.5. The highest BCUT2D eigenvalue weighted by atomic mass is 15.3. The number of hydrogen-bond acceptors (Lipinski definition) is 5. The summed E-state index contributed by atoms with van der Waals surface area (Å²) in [6, 6.07) is 11.9. The Kier molecular flexibility index (Phi) is 3.05. The highest BCUT2D eigenvalue weighted by molar-refractivity contribution is 5.95. The van der Waals surface area contributed by atoms with Gasteiger partial charge < -0.3 is 5.32 Å². The van der Waals surface area contributed by atoms with E-state index in [9.17, 15) is 0 Å². The van der Waals surface area contributed by atoms with Crippen molar-refractivity contribution in [3.63, 3.8) is 0 Å². The van der Waals surface area contributed by atoms with Crippen LogP contribution in [0.4, 0.5) is 11.5 Å². The molecule has 2 N–H and O–H groups in total. The standard InChI is InChI=1S/C18H16N8/c1-25-9-7-14(23-25)16-12-6-5-11(10-15(12)26(2)24-16)20-18-17-13(21-22-18)4-3-8-19-17/h3-10H,1-2H3,(H2,20,21,22). The third-order valence-corrected chi connectivity index (χ3v) is 4.39. The van der Waals surface area contributed by atoms with Crippen molar-refractivity contribution in [3.05, 3.63) is 48.8 Å². The van der Waals surface area contributed by atoms with Crippen LogP contribution in [0.2, 0.25) is 0 Å². The van der Waals surface area contributed by atoms with Crippen molar-refractivity contribution >= 4 is 33.4 Å². The molecule has 1 aromatic carbocycles. The number of rotatable bonds is 3. The lowest BCUT2D eigenvalue weighted by atomic mass is 10.1. The first kappa shape index (κ1) is 14.6. The van der Waals surface area contributed by atoms with Crippen molar-refractivity contribution in [2.24, 2.45) is 14.1 Å². The van der Waals surface area contributed by atoms with Gasteiger partial charge in [0, 0.05) is 37.6 Å². The van der Waals surface area contributed by atoms with Gasteiger partial charge in [-0.2, -0.15) is 15.3 Å². The van der Waals surface area contributed by atoms with Crippen LogP contribution in [0.1, 0.15) is 0 Å². The smallest absolute Gasteiger partial charge is 0.178 e. The molecule has 8 heteroatoms. The van der Waals surface area contributed by atoms with E-state index >= 15 is 0 Å². The van der Waals surface area contributed by atoms with Gasteiger partial charge in [0.15, 0.2) is 5.82 Å². The highest BCUT2D eigenvalue weighted by Gasteiger charge is 2.14. The van der Waals surface area contributed by atoms with E-state index in [1.165, 1.54) is 0 Å². The molecule has 0 aliphatic heterocycles. The predicted octanol–water partition coefficient (Wildman–Crippen LogP) is 2.99. The van der Waals surface area contributed by atoms with Gasteiger partial charge in [0.05, 0.1) is 11.0 Å². The minimum atomic E-state index is 0.701. The number of anilines is 2. The Labute approximate surface area is 148 Å². The van der Waals surface area contributed by atoms with Crippen LogP contribution >= 0.6 is 0 Å². The van der Waals surface area contributed by atoms with Crippen molar-refractivity contribution in [2.45, 2.75) is 0 Å². The van der Waals surface area contributed by atoms with E-state index in [-0.39, 0.29) is 0 Å². The monoisotopic (exact) mass is 344 g/mol. The zero-order valence-electron chi connectivity index (χ0n) is 14.3. The maximum atomic E-state index is 4.64. The van der Waals surface area contributed by atoms with Gasteiger partial charge >= 0.3 is 0 Å². The lowest BCUT2D eigenvalue weighted by Crippen LogP contribution is -1.94. The van der Waals surface area contributed by atoms with Gasteiger partial charge in [-0.1, -0.05) is 0 Å². The predicted molar refractivity (Wildman–Crippen MR) is 100 cm³/mol. The molecule has 5 rings (SSSR count). The van der Waals surface area contributed by atoms with Crippen molar-refractivity contribution in [2.75, 3.05) is 5.32 Å². The molecule has 0 unspecified atom stereocenters. The highest BCUT2D eigenvalue weighted by Crippen LogP contribution is 2.30. The second kappa shape index (κ2) is 5.41. The Balaban J connectivity index is 1.57. The van der Waals surface area contributed by atoms with Crippen molar-refractivity contribution in [1.29, 1.82) is 0 Å².